The summed E-state index contributed by atoms with van der Waals surface area (Å²) >= 11 is 5.93. The first kappa shape index (κ1) is 13.6. The summed E-state index contributed by atoms with van der Waals surface area (Å²) < 4.78 is 4.53. The molecule has 0 bridgehead atoms. The quantitative estimate of drug-likeness (QED) is 0.610. The van der Waals surface area contributed by atoms with Crippen LogP contribution in [0.5, 0.6) is 0 Å². The highest BCUT2D eigenvalue weighted by molar-refractivity contribution is 6.30. The summed E-state index contributed by atoms with van der Waals surface area (Å²) in [5, 5.41) is 0.708. The molecule has 0 heterocycles. The van der Waals surface area contributed by atoms with Gasteiger partial charge in [-0.3, -0.25) is 0 Å². The van der Waals surface area contributed by atoms with E-state index in [-0.39, 0.29) is 12.0 Å². The Labute approximate surface area is 107 Å². The lowest BCUT2D eigenvalue weighted by Gasteiger charge is -2.23. The fourth-order valence-corrected chi connectivity index (χ4v) is 1.58. The van der Waals surface area contributed by atoms with E-state index in [4.69, 9.17) is 11.6 Å². The fraction of sp³-hybridized carbons (Fsp3) is 0.308. The molecule has 0 saturated heterocycles. The first-order valence-corrected chi connectivity index (χ1v) is 5.66. The number of benzene rings is 1. The Kier molecular flexibility index (Phi) is 5.04. The largest absolute Gasteiger partial charge is 0.466 e. The molecule has 0 aromatic heterocycles. The molecule has 0 fully saturated rings. The molecular weight excluding hydrogens is 238 g/mol. The fourth-order valence-electron chi connectivity index (χ4n) is 1.38. The molecule has 1 unspecified atom stereocenters. The third-order valence-electron chi connectivity index (χ3n) is 2.59. The van der Waals surface area contributed by atoms with Gasteiger partial charge in [0.05, 0.1) is 13.2 Å². The van der Waals surface area contributed by atoms with Crippen molar-refractivity contribution < 1.29 is 9.53 Å². The van der Waals surface area contributed by atoms with Crippen molar-refractivity contribution in [3.05, 3.63) is 47.1 Å². The van der Waals surface area contributed by atoms with Crippen molar-refractivity contribution in [2.24, 2.45) is 0 Å². The normalized spacial score (nSPS) is 12.5. The van der Waals surface area contributed by atoms with Crippen molar-refractivity contribution in [1.29, 1.82) is 0 Å². The Hall–Kier alpha value is -1.48. The molecule has 92 valence electrons. The summed E-state index contributed by atoms with van der Waals surface area (Å²) in [5.74, 6) is -0.366. The highest BCUT2D eigenvalue weighted by Gasteiger charge is 2.08. The van der Waals surface area contributed by atoms with Crippen LogP contribution in [0, 0.1) is 0 Å². The minimum atomic E-state index is -0.366. The number of methoxy groups -OCH3 is 1. The van der Waals surface area contributed by atoms with E-state index >= 15 is 0 Å². The Morgan fingerprint density at radius 3 is 2.82 bits per heavy atom. The third kappa shape index (κ3) is 4.11. The van der Waals surface area contributed by atoms with Gasteiger partial charge >= 0.3 is 5.97 Å². The lowest BCUT2D eigenvalue weighted by atomic mass is 10.1. The lowest BCUT2D eigenvalue weighted by Crippen LogP contribution is -2.16. The van der Waals surface area contributed by atoms with Crippen molar-refractivity contribution >= 4 is 17.6 Å². The van der Waals surface area contributed by atoms with Crippen LogP contribution in [0.3, 0.4) is 0 Å². The smallest absolute Gasteiger partial charge is 0.331 e. The SMILES string of the molecule is COC(=O)C=CN(C)C(C)c1cccc(Cl)c1. The number of esters is 1. The summed E-state index contributed by atoms with van der Waals surface area (Å²) in [6.45, 7) is 2.04. The summed E-state index contributed by atoms with van der Waals surface area (Å²) in [6.07, 6.45) is 3.08. The van der Waals surface area contributed by atoms with E-state index in [1.54, 1.807) is 6.20 Å². The number of nitrogens with zero attached hydrogens (tertiary/aromatic N) is 1. The van der Waals surface area contributed by atoms with E-state index in [0.29, 0.717) is 5.02 Å². The van der Waals surface area contributed by atoms with Gasteiger partial charge in [-0.15, -0.1) is 0 Å². The van der Waals surface area contributed by atoms with E-state index in [1.807, 2.05) is 43.1 Å². The molecule has 0 radical (unpaired) electrons. The van der Waals surface area contributed by atoms with Crippen LogP contribution in [0.4, 0.5) is 0 Å². The second kappa shape index (κ2) is 6.30. The maximum atomic E-state index is 11.0. The van der Waals surface area contributed by atoms with E-state index in [1.165, 1.54) is 13.2 Å². The number of hydrogen-bond acceptors (Lipinski definition) is 3. The standard InChI is InChI=1S/C13H16ClNO2/c1-10(11-5-4-6-12(14)9-11)15(2)8-7-13(16)17-3/h4-10H,1-3H3. The molecule has 17 heavy (non-hydrogen) atoms. The highest BCUT2D eigenvalue weighted by Crippen LogP contribution is 2.21. The van der Waals surface area contributed by atoms with Crippen LogP contribution in [0.1, 0.15) is 18.5 Å². The molecule has 1 aromatic rings. The van der Waals surface area contributed by atoms with Gasteiger partial charge in [0.1, 0.15) is 0 Å². The minimum Gasteiger partial charge on any atom is -0.466 e. The average molecular weight is 254 g/mol. The monoisotopic (exact) mass is 253 g/mol. The second-order valence-corrected chi connectivity index (χ2v) is 4.17. The van der Waals surface area contributed by atoms with E-state index in [2.05, 4.69) is 4.74 Å². The minimum absolute atomic E-state index is 0.134. The highest BCUT2D eigenvalue weighted by atomic mass is 35.5. The summed E-state index contributed by atoms with van der Waals surface area (Å²) in [7, 11) is 3.25. The first-order valence-electron chi connectivity index (χ1n) is 5.28. The zero-order chi connectivity index (χ0) is 12.8. The number of hydrogen-bond donors (Lipinski definition) is 0. The number of halogens is 1. The maximum absolute atomic E-state index is 11.0. The van der Waals surface area contributed by atoms with Gasteiger partial charge in [0.2, 0.25) is 0 Å². The third-order valence-corrected chi connectivity index (χ3v) is 2.82. The average Bonchev–Trinajstić information content (AvgIpc) is 2.34. The molecule has 3 nitrogen and oxygen atoms in total. The zero-order valence-corrected chi connectivity index (χ0v) is 10.9. The van der Waals surface area contributed by atoms with Crippen molar-refractivity contribution in [1.82, 2.24) is 4.90 Å². The van der Waals surface area contributed by atoms with Crippen LogP contribution >= 0.6 is 11.6 Å². The second-order valence-electron chi connectivity index (χ2n) is 3.74. The van der Waals surface area contributed by atoms with Crippen LogP contribution in [-0.4, -0.2) is 25.0 Å². The van der Waals surface area contributed by atoms with Crippen LogP contribution in [0.15, 0.2) is 36.5 Å². The summed E-state index contributed by atoms with van der Waals surface area (Å²) in [4.78, 5) is 12.9. The zero-order valence-electron chi connectivity index (χ0n) is 10.2. The topological polar surface area (TPSA) is 29.5 Å². The molecule has 1 atom stereocenters. The number of rotatable bonds is 4. The van der Waals surface area contributed by atoms with Gasteiger partial charge in [-0.1, -0.05) is 23.7 Å². The number of ether oxygens (including phenoxy) is 1. The molecule has 0 aliphatic carbocycles. The molecule has 4 heteroatoms. The van der Waals surface area contributed by atoms with Gasteiger partial charge in [0.25, 0.3) is 0 Å². The maximum Gasteiger partial charge on any atom is 0.331 e. The molecule has 0 N–H and O–H groups in total. The Bertz CT molecular complexity index is 418. The van der Waals surface area contributed by atoms with Gasteiger partial charge in [0.15, 0.2) is 0 Å². The predicted octanol–water partition coefficient (Wildman–Crippen LogP) is 3.02. The first-order chi connectivity index (χ1) is 8.04. The van der Waals surface area contributed by atoms with Crippen molar-refractivity contribution in [2.75, 3.05) is 14.2 Å². The lowest BCUT2D eigenvalue weighted by molar-refractivity contribution is -0.134. The van der Waals surface area contributed by atoms with Crippen LogP contribution in [-0.2, 0) is 9.53 Å². The molecule has 0 saturated carbocycles. The Morgan fingerprint density at radius 1 is 1.53 bits per heavy atom. The molecule has 1 aromatic carbocycles. The molecule has 1 rings (SSSR count). The Balaban J connectivity index is 2.73. The Morgan fingerprint density at radius 2 is 2.24 bits per heavy atom. The van der Waals surface area contributed by atoms with Crippen LogP contribution in [0.25, 0.3) is 0 Å². The van der Waals surface area contributed by atoms with Crippen LogP contribution < -0.4 is 0 Å². The van der Waals surface area contributed by atoms with E-state index in [0.717, 1.165) is 5.56 Å². The molecule has 0 aliphatic heterocycles. The molecular formula is C13H16ClNO2. The van der Waals surface area contributed by atoms with Crippen molar-refractivity contribution in [3.8, 4) is 0 Å². The summed E-state index contributed by atoms with van der Waals surface area (Å²) in [5.41, 5.74) is 1.09. The van der Waals surface area contributed by atoms with Gasteiger partial charge < -0.3 is 9.64 Å². The van der Waals surface area contributed by atoms with E-state index in [9.17, 15) is 4.79 Å². The number of carbonyl (C=O) groups is 1. The van der Waals surface area contributed by atoms with Crippen molar-refractivity contribution in [3.63, 3.8) is 0 Å². The predicted molar refractivity (Wildman–Crippen MR) is 68.8 cm³/mol. The van der Waals surface area contributed by atoms with Gasteiger partial charge in [0, 0.05) is 24.3 Å². The van der Waals surface area contributed by atoms with Crippen LogP contribution in [0.2, 0.25) is 5.02 Å². The number of carbonyl (C=O) groups excluding carboxylic acids is 1. The molecule has 0 amide bonds. The van der Waals surface area contributed by atoms with Crippen molar-refractivity contribution in [2.45, 2.75) is 13.0 Å². The molecule has 0 spiro atoms. The van der Waals surface area contributed by atoms with Gasteiger partial charge in [-0.2, -0.15) is 0 Å². The molecule has 0 aliphatic rings. The van der Waals surface area contributed by atoms with Gasteiger partial charge in [-0.25, -0.2) is 4.79 Å². The van der Waals surface area contributed by atoms with Gasteiger partial charge in [-0.05, 0) is 24.6 Å². The van der Waals surface area contributed by atoms with E-state index < -0.39 is 0 Å². The summed E-state index contributed by atoms with van der Waals surface area (Å²) in [6, 6.07) is 7.79.